The van der Waals surface area contributed by atoms with Gasteiger partial charge in [0, 0.05) is 16.7 Å². The van der Waals surface area contributed by atoms with Crippen molar-refractivity contribution in [2.24, 2.45) is 0 Å². The normalized spacial score (nSPS) is 10.6. The van der Waals surface area contributed by atoms with E-state index in [-0.39, 0.29) is 6.61 Å². The number of aliphatic hydroxyl groups excluding tert-OH is 1. The van der Waals surface area contributed by atoms with E-state index in [9.17, 15) is 0 Å². The lowest BCUT2D eigenvalue weighted by Gasteiger charge is -2.14. The lowest BCUT2D eigenvalue weighted by atomic mass is 10.0. The lowest BCUT2D eigenvalue weighted by molar-refractivity contribution is 0.311. The molecule has 0 atom stereocenters. The zero-order valence-corrected chi connectivity index (χ0v) is 10.1. The first-order chi connectivity index (χ1) is 6.65. The second-order valence-corrected chi connectivity index (χ2v) is 4.45. The summed E-state index contributed by atoms with van der Waals surface area (Å²) in [7, 11) is 0. The van der Waals surface area contributed by atoms with Gasteiger partial charge in [0.1, 0.15) is 0 Å². The van der Waals surface area contributed by atoms with E-state index in [1.54, 1.807) is 0 Å². The fourth-order valence-corrected chi connectivity index (χ4v) is 1.74. The summed E-state index contributed by atoms with van der Waals surface area (Å²) in [5.41, 5.74) is 2.38. The zero-order chi connectivity index (χ0) is 10.6. The fourth-order valence-electron chi connectivity index (χ4n) is 1.36. The molecule has 0 saturated heterocycles. The minimum absolute atomic E-state index is 0.160. The van der Waals surface area contributed by atoms with Crippen LogP contribution in [0.5, 0.6) is 0 Å². The second-order valence-electron chi connectivity index (χ2n) is 3.54. The number of hydrogen-bond acceptors (Lipinski definition) is 2. The van der Waals surface area contributed by atoms with Crippen molar-refractivity contribution < 1.29 is 5.11 Å². The van der Waals surface area contributed by atoms with E-state index >= 15 is 0 Å². The van der Waals surface area contributed by atoms with Gasteiger partial charge in [-0.2, -0.15) is 0 Å². The van der Waals surface area contributed by atoms with Gasteiger partial charge in [-0.25, -0.2) is 0 Å². The summed E-state index contributed by atoms with van der Waals surface area (Å²) in [5.74, 6) is 0.480. The maximum Gasteiger partial charge on any atom is 0.0604 e. The van der Waals surface area contributed by atoms with Gasteiger partial charge in [-0.1, -0.05) is 29.8 Å². The molecule has 0 aliphatic rings. The Morgan fingerprint density at radius 3 is 2.71 bits per heavy atom. The van der Waals surface area contributed by atoms with Gasteiger partial charge < -0.3 is 10.4 Å². The lowest BCUT2D eigenvalue weighted by Crippen LogP contribution is -2.08. The van der Waals surface area contributed by atoms with Crippen molar-refractivity contribution in [2.75, 3.05) is 18.5 Å². The predicted octanol–water partition coefficient (Wildman–Crippen LogP) is 2.98. The molecule has 1 aromatic carbocycles. The molecule has 14 heavy (non-hydrogen) atoms. The SMILES string of the molecule is CC(C)c1cc(Br)ccc1NCCO. The molecule has 0 saturated carbocycles. The van der Waals surface area contributed by atoms with E-state index in [2.05, 4.69) is 41.2 Å². The van der Waals surface area contributed by atoms with Crippen molar-refractivity contribution in [2.45, 2.75) is 19.8 Å². The Kier molecular flexibility index (Phi) is 4.42. The number of rotatable bonds is 4. The summed E-state index contributed by atoms with van der Waals surface area (Å²) in [6.45, 7) is 5.08. The Bertz CT molecular complexity index is 299. The third-order valence-corrected chi connectivity index (χ3v) is 2.56. The third kappa shape index (κ3) is 3.00. The van der Waals surface area contributed by atoms with Crippen molar-refractivity contribution in [1.82, 2.24) is 0 Å². The fraction of sp³-hybridized carbons (Fsp3) is 0.455. The highest BCUT2D eigenvalue weighted by Gasteiger charge is 2.06. The average Bonchev–Trinajstić information content (AvgIpc) is 2.15. The molecule has 0 fully saturated rings. The summed E-state index contributed by atoms with van der Waals surface area (Å²) in [6.07, 6.45) is 0. The van der Waals surface area contributed by atoms with Gasteiger partial charge in [0.25, 0.3) is 0 Å². The molecule has 3 heteroatoms. The number of hydrogen-bond donors (Lipinski definition) is 2. The molecular formula is C11H16BrNO. The van der Waals surface area contributed by atoms with Crippen LogP contribution in [0.3, 0.4) is 0 Å². The molecule has 0 bridgehead atoms. The Morgan fingerprint density at radius 1 is 1.43 bits per heavy atom. The first kappa shape index (κ1) is 11.5. The maximum absolute atomic E-state index is 8.74. The van der Waals surface area contributed by atoms with Gasteiger partial charge in [-0.05, 0) is 29.7 Å². The van der Waals surface area contributed by atoms with E-state index in [1.807, 2.05) is 12.1 Å². The first-order valence-corrected chi connectivity index (χ1v) is 5.58. The molecular weight excluding hydrogens is 242 g/mol. The predicted molar refractivity (Wildman–Crippen MR) is 63.8 cm³/mol. The molecule has 2 nitrogen and oxygen atoms in total. The quantitative estimate of drug-likeness (QED) is 0.870. The monoisotopic (exact) mass is 257 g/mol. The van der Waals surface area contributed by atoms with E-state index in [1.165, 1.54) is 5.56 Å². The molecule has 1 rings (SSSR count). The molecule has 78 valence electrons. The van der Waals surface area contributed by atoms with Crippen molar-refractivity contribution in [1.29, 1.82) is 0 Å². The molecule has 2 N–H and O–H groups in total. The van der Waals surface area contributed by atoms with Crippen molar-refractivity contribution in [3.63, 3.8) is 0 Å². The molecule has 0 spiro atoms. The molecule has 0 aromatic heterocycles. The van der Waals surface area contributed by atoms with Gasteiger partial charge in [-0.3, -0.25) is 0 Å². The van der Waals surface area contributed by atoms with Crippen LogP contribution >= 0.6 is 15.9 Å². The van der Waals surface area contributed by atoms with Crippen LogP contribution in [0.2, 0.25) is 0 Å². The molecule has 0 heterocycles. The number of benzene rings is 1. The van der Waals surface area contributed by atoms with Gasteiger partial charge in [0.15, 0.2) is 0 Å². The third-order valence-electron chi connectivity index (χ3n) is 2.06. The smallest absolute Gasteiger partial charge is 0.0604 e. The largest absolute Gasteiger partial charge is 0.395 e. The highest BCUT2D eigenvalue weighted by atomic mass is 79.9. The van der Waals surface area contributed by atoms with Crippen molar-refractivity contribution in [3.05, 3.63) is 28.2 Å². The summed E-state index contributed by atoms with van der Waals surface area (Å²) in [5, 5.41) is 11.9. The molecule has 1 aromatic rings. The highest BCUT2D eigenvalue weighted by molar-refractivity contribution is 9.10. The van der Waals surface area contributed by atoms with Crippen LogP contribution < -0.4 is 5.32 Å². The van der Waals surface area contributed by atoms with E-state index in [0.717, 1.165) is 10.2 Å². The van der Waals surface area contributed by atoms with E-state index in [0.29, 0.717) is 12.5 Å². The van der Waals surface area contributed by atoms with Gasteiger partial charge in [0.05, 0.1) is 6.61 Å². The molecule has 0 aliphatic heterocycles. The van der Waals surface area contributed by atoms with Crippen LogP contribution in [0.15, 0.2) is 22.7 Å². The molecule has 0 aliphatic carbocycles. The van der Waals surface area contributed by atoms with Gasteiger partial charge >= 0.3 is 0 Å². The van der Waals surface area contributed by atoms with Crippen LogP contribution in [0.1, 0.15) is 25.3 Å². The molecule has 0 unspecified atom stereocenters. The Labute approximate surface area is 93.5 Å². The summed E-state index contributed by atoms with van der Waals surface area (Å²) >= 11 is 3.46. The number of halogens is 1. The standard InChI is InChI=1S/C11H16BrNO/c1-8(2)10-7-9(12)3-4-11(10)13-5-6-14/h3-4,7-8,13-14H,5-6H2,1-2H3. The number of nitrogens with one attached hydrogen (secondary N) is 1. The van der Waals surface area contributed by atoms with Crippen LogP contribution in [-0.2, 0) is 0 Å². The second kappa shape index (κ2) is 5.37. The Morgan fingerprint density at radius 2 is 2.14 bits per heavy atom. The first-order valence-electron chi connectivity index (χ1n) is 4.79. The number of aliphatic hydroxyl groups is 1. The van der Waals surface area contributed by atoms with Crippen LogP contribution in [-0.4, -0.2) is 18.3 Å². The summed E-state index contributed by atoms with van der Waals surface area (Å²) in [4.78, 5) is 0. The minimum Gasteiger partial charge on any atom is -0.395 e. The number of anilines is 1. The van der Waals surface area contributed by atoms with Crippen LogP contribution in [0.4, 0.5) is 5.69 Å². The minimum atomic E-state index is 0.160. The van der Waals surface area contributed by atoms with Gasteiger partial charge in [0.2, 0.25) is 0 Å². The molecule has 0 radical (unpaired) electrons. The topological polar surface area (TPSA) is 32.3 Å². The van der Waals surface area contributed by atoms with Crippen LogP contribution in [0.25, 0.3) is 0 Å². The summed E-state index contributed by atoms with van der Waals surface area (Å²) < 4.78 is 1.09. The Balaban J connectivity index is 2.90. The average molecular weight is 258 g/mol. The zero-order valence-electron chi connectivity index (χ0n) is 8.55. The highest BCUT2D eigenvalue weighted by Crippen LogP contribution is 2.27. The van der Waals surface area contributed by atoms with E-state index in [4.69, 9.17) is 5.11 Å². The Hall–Kier alpha value is -0.540. The van der Waals surface area contributed by atoms with E-state index < -0.39 is 0 Å². The van der Waals surface area contributed by atoms with Crippen molar-refractivity contribution >= 4 is 21.6 Å². The maximum atomic E-state index is 8.74. The van der Waals surface area contributed by atoms with Gasteiger partial charge in [-0.15, -0.1) is 0 Å². The summed E-state index contributed by atoms with van der Waals surface area (Å²) in [6, 6.07) is 6.16. The molecule has 0 amide bonds. The van der Waals surface area contributed by atoms with Crippen LogP contribution in [0, 0.1) is 0 Å². The van der Waals surface area contributed by atoms with Crippen molar-refractivity contribution in [3.8, 4) is 0 Å².